The molecule has 0 aliphatic heterocycles. The Hall–Kier alpha value is 5.46. The van der Waals surface area contributed by atoms with Crippen molar-refractivity contribution in [3.05, 3.63) is 0 Å². The van der Waals surface area contributed by atoms with Gasteiger partial charge in [-0.05, 0) is 0 Å². The minimum atomic E-state index is -6.10. The zero-order valence-corrected chi connectivity index (χ0v) is 20.3. The summed E-state index contributed by atoms with van der Waals surface area (Å²) in [5, 5.41) is 0. The molecule has 0 bridgehead atoms. The molecule has 0 saturated carbocycles. The van der Waals surface area contributed by atoms with Gasteiger partial charge in [-0.3, -0.25) is 0 Å². The predicted octanol–water partition coefficient (Wildman–Crippen LogP) is -15.7. The monoisotopic (exact) mass is 398 g/mol. The van der Waals surface area contributed by atoms with Gasteiger partial charge in [0.1, 0.15) is 0 Å². The molecule has 4 N–H and O–H groups in total. The molecule has 0 aromatic carbocycles. The fourth-order valence-electron chi connectivity index (χ4n) is 0. The van der Waals surface area contributed by atoms with Gasteiger partial charge in [0.05, 0.1) is 0 Å². The van der Waals surface area contributed by atoms with Crippen molar-refractivity contribution in [2.45, 2.75) is 0 Å². The minimum absolute atomic E-state index is 0. The normalized spacial score (nSPS) is 9.15. The molecule has 13 heavy (non-hydrogen) atoms. The maximum atomic E-state index is 8.64. The Morgan fingerprint density at radius 1 is 0.846 bits per heavy atom. The molecule has 0 aromatic rings. The fourth-order valence-corrected chi connectivity index (χ4v) is 0. The van der Waals surface area contributed by atoms with Crippen molar-refractivity contribution in [3.63, 3.8) is 0 Å². The molecule has 8 nitrogen and oxygen atoms in total. The predicted molar refractivity (Wildman–Crippen MR) is 21.1 cm³/mol. The molecular formula is H4K3O8SbSi. The van der Waals surface area contributed by atoms with Crippen LogP contribution in [0.15, 0.2) is 0 Å². The Labute approximate surface area is 209 Å². The van der Waals surface area contributed by atoms with Gasteiger partial charge in [0, 0.05) is 0 Å². The second-order valence-corrected chi connectivity index (χ2v) is 4.80. The van der Waals surface area contributed by atoms with Crippen LogP contribution in [-0.2, 0) is 3.02 Å². The Morgan fingerprint density at radius 3 is 0.846 bits per heavy atom. The first kappa shape index (κ1) is 31.1. The summed E-state index contributed by atoms with van der Waals surface area (Å²) >= 11 is -6.10. The number of hydrogen-bond acceptors (Lipinski definition) is 8. The van der Waals surface area contributed by atoms with Gasteiger partial charge in [0.25, 0.3) is 0 Å². The summed E-state index contributed by atoms with van der Waals surface area (Å²) in [6.45, 7) is 0. The van der Waals surface area contributed by atoms with E-state index < -0.39 is 29.1 Å². The molecule has 0 heterocycles. The van der Waals surface area contributed by atoms with E-state index in [-0.39, 0.29) is 154 Å². The quantitative estimate of drug-likeness (QED) is 0.291. The van der Waals surface area contributed by atoms with Crippen LogP contribution in [0.2, 0.25) is 0 Å². The van der Waals surface area contributed by atoms with E-state index >= 15 is 0 Å². The molecule has 0 fully saturated rings. The summed E-state index contributed by atoms with van der Waals surface area (Å²) in [4.78, 5) is 29.3. The summed E-state index contributed by atoms with van der Waals surface area (Å²) in [6.07, 6.45) is 0. The molecule has 64 valence electrons. The summed E-state index contributed by atoms with van der Waals surface area (Å²) in [7, 11) is -4.61. The Balaban J connectivity index is -0.0000000267. The Bertz CT molecular complexity index is 112. The van der Waals surface area contributed by atoms with Crippen LogP contribution < -0.4 is 164 Å². The van der Waals surface area contributed by atoms with E-state index in [9.17, 15) is 0 Å². The summed E-state index contributed by atoms with van der Waals surface area (Å²) in [5.74, 6) is 0. The molecule has 0 atom stereocenters. The van der Waals surface area contributed by atoms with Gasteiger partial charge in [0.15, 0.2) is 0 Å². The third-order valence-electron chi connectivity index (χ3n) is 0. The first-order valence-corrected chi connectivity index (χ1v) is 7.58. The van der Waals surface area contributed by atoms with Crippen LogP contribution in [0.25, 0.3) is 0 Å². The van der Waals surface area contributed by atoms with Crippen molar-refractivity contribution in [2.24, 2.45) is 0 Å². The molecule has 0 saturated heterocycles. The second kappa shape index (κ2) is 15.5. The van der Waals surface area contributed by atoms with Crippen LogP contribution in [0.4, 0.5) is 0 Å². The summed E-state index contributed by atoms with van der Waals surface area (Å²) in [6, 6.07) is 0. The molecule has 13 heteroatoms. The van der Waals surface area contributed by atoms with Gasteiger partial charge >= 0.3 is 196 Å². The zero-order chi connectivity index (χ0) is 9.00. The van der Waals surface area contributed by atoms with E-state index in [0.717, 1.165) is 0 Å². The average Bonchev–Trinajstić information content (AvgIpc) is 1.12. The maximum absolute atomic E-state index is 8.64. The van der Waals surface area contributed by atoms with E-state index in [4.69, 9.17) is 32.4 Å². The third kappa shape index (κ3) is 140. The molecule has 0 rings (SSSR count). The molecule has 0 radical (unpaired) electrons. The van der Waals surface area contributed by atoms with Crippen molar-refractivity contribution in [1.29, 1.82) is 0 Å². The molecule has 0 unspecified atom stereocenters. The van der Waals surface area contributed by atoms with Crippen molar-refractivity contribution in [3.8, 4) is 0 Å². The second-order valence-electron chi connectivity index (χ2n) is 1.05. The molecule has 0 spiro atoms. The molecule has 0 aliphatic rings. The fraction of sp³-hybridized carbons (Fsp3) is 0. The molecule has 0 amide bonds. The Kier molecular flexibility index (Phi) is 37.1. The third-order valence-corrected chi connectivity index (χ3v) is 0. The first-order chi connectivity index (χ1) is 4.00. The van der Waals surface area contributed by atoms with Crippen LogP contribution in [0, 0.1) is 0 Å². The van der Waals surface area contributed by atoms with Gasteiger partial charge < -0.3 is 19.2 Å². The average molecular weight is 399 g/mol. The van der Waals surface area contributed by atoms with E-state index in [2.05, 4.69) is 0 Å². The van der Waals surface area contributed by atoms with Crippen molar-refractivity contribution >= 4 is 29.1 Å². The van der Waals surface area contributed by atoms with Crippen LogP contribution in [0.5, 0.6) is 0 Å². The van der Waals surface area contributed by atoms with Gasteiger partial charge in [-0.15, -0.1) is 0 Å². The SMILES string of the molecule is O[Si](O)(O)O.[K+].[K+].[K+].[O]=[Sb]([O-])([O-])[O-]. The van der Waals surface area contributed by atoms with E-state index in [0.29, 0.717) is 0 Å². The van der Waals surface area contributed by atoms with Gasteiger partial charge in [-0.1, -0.05) is 0 Å². The number of hydrogen-bond donors (Lipinski definition) is 4. The van der Waals surface area contributed by atoms with E-state index in [1.54, 1.807) is 0 Å². The molecular weight excluding hydrogens is 395 g/mol. The topological polar surface area (TPSA) is 167 Å². The van der Waals surface area contributed by atoms with Gasteiger partial charge in [0.2, 0.25) is 0 Å². The standard InChI is InChI=1S/3K.H4O4Si.4O.Sb/c;;;1-5(2,3)4;;;;;/h;;;1-4H;;;;;/q3*+1;;;3*-1;. The van der Waals surface area contributed by atoms with Gasteiger partial charge in [-0.2, -0.15) is 0 Å². The van der Waals surface area contributed by atoms with E-state index in [1.807, 2.05) is 0 Å². The Morgan fingerprint density at radius 2 is 0.846 bits per heavy atom. The van der Waals surface area contributed by atoms with Crippen LogP contribution in [0.1, 0.15) is 0 Å². The van der Waals surface area contributed by atoms with Crippen molar-refractivity contribution < 1.29 is 187 Å². The zero-order valence-electron chi connectivity index (χ0n) is 7.37. The first-order valence-electron chi connectivity index (χ1n) is 1.62. The van der Waals surface area contributed by atoms with Crippen LogP contribution in [0.3, 0.4) is 0 Å². The van der Waals surface area contributed by atoms with E-state index in [1.165, 1.54) is 0 Å². The van der Waals surface area contributed by atoms with Crippen molar-refractivity contribution in [2.75, 3.05) is 0 Å². The summed E-state index contributed by atoms with van der Waals surface area (Å²) < 4.78 is 34.6. The van der Waals surface area contributed by atoms with Crippen LogP contribution >= 0.6 is 0 Å². The van der Waals surface area contributed by atoms with Crippen LogP contribution in [-0.4, -0.2) is 48.3 Å². The van der Waals surface area contributed by atoms with Gasteiger partial charge in [-0.25, -0.2) is 0 Å². The summed E-state index contributed by atoms with van der Waals surface area (Å²) in [5.41, 5.74) is 0. The molecule has 0 aliphatic carbocycles. The number of rotatable bonds is 0. The molecule has 0 aromatic heterocycles. The van der Waals surface area contributed by atoms with Crippen molar-refractivity contribution in [1.82, 2.24) is 0 Å².